The number of para-hydroxylation sites is 2. The number of nitrogens with zero attached hydrogens (tertiary/aromatic N) is 3. The van der Waals surface area contributed by atoms with Crippen LogP contribution in [0.1, 0.15) is 11.7 Å². The highest BCUT2D eigenvalue weighted by Crippen LogP contribution is 2.35. The van der Waals surface area contributed by atoms with Gasteiger partial charge in [-0.05, 0) is 23.2 Å². The Morgan fingerprint density at radius 2 is 1.81 bits per heavy atom. The molecule has 1 heterocycles. The van der Waals surface area contributed by atoms with Crippen molar-refractivity contribution in [2.75, 3.05) is 5.32 Å². The zero-order chi connectivity index (χ0) is 14.7. The highest BCUT2D eigenvalue weighted by molar-refractivity contribution is 5.97. The van der Waals surface area contributed by atoms with Gasteiger partial charge >= 0.3 is 0 Å². The summed E-state index contributed by atoms with van der Waals surface area (Å²) in [5, 5.41) is 6.34. The Morgan fingerprint density at radius 3 is 2.57 bits per heavy atom. The van der Waals surface area contributed by atoms with Crippen molar-refractivity contribution in [1.29, 1.82) is 0 Å². The number of hydrogen-bond donors (Lipinski definition) is 1. The largest absolute Gasteiger partial charge is 0.483 e. The van der Waals surface area contributed by atoms with Crippen LogP contribution in [0.15, 0.2) is 59.7 Å². The molecule has 1 N–H and O–H groups in total. The van der Waals surface area contributed by atoms with Crippen LogP contribution in [0, 0.1) is 0 Å². The lowest BCUT2D eigenvalue weighted by atomic mass is 10.0. The number of rotatable bonds is 2. The molecule has 3 rings (SSSR count). The molecule has 0 saturated heterocycles. The molecule has 1 aliphatic rings. The molecule has 104 valence electrons. The molecule has 0 aromatic heterocycles. The van der Waals surface area contributed by atoms with Gasteiger partial charge in [0.25, 0.3) is 0 Å². The van der Waals surface area contributed by atoms with Crippen molar-refractivity contribution < 1.29 is 9.53 Å². The van der Waals surface area contributed by atoms with Crippen molar-refractivity contribution in [3.8, 4) is 5.75 Å². The summed E-state index contributed by atoms with van der Waals surface area (Å²) in [6, 6.07) is 15.4. The van der Waals surface area contributed by atoms with E-state index in [-0.39, 0.29) is 5.91 Å². The maximum atomic E-state index is 12.3. The summed E-state index contributed by atoms with van der Waals surface area (Å²) < 4.78 is 5.93. The van der Waals surface area contributed by atoms with Crippen LogP contribution in [0.2, 0.25) is 0 Å². The number of anilines is 1. The SMILES string of the molecule is [N-]=[N+]=NC1C(=O)Nc2ccccc2OC1c1ccccc1. The molecule has 0 saturated carbocycles. The van der Waals surface area contributed by atoms with Gasteiger partial charge in [0.05, 0.1) is 5.69 Å². The van der Waals surface area contributed by atoms with Crippen LogP contribution in [0.25, 0.3) is 10.4 Å². The Bertz CT molecular complexity index is 711. The minimum absolute atomic E-state index is 0.383. The Hall–Kier alpha value is -2.98. The fraction of sp³-hybridized carbons (Fsp3) is 0.133. The fourth-order valence-electron chi connectivity index (χ4n) is 2.28. The molecule has 0 radical (unpaired) electrons. The molecule has 6 heteroatoms. The maximum absolute atomic E-state index is 12.3. The predicted octanol–water partition coefficient (Wildman–Crippen LogP) is 3.44. The third-order valence-corrected chi connectivity index (χ3v) is 3.26. The van der Waals surface area contributed by atoms with E-state index >= 15 is 0 Å². The first-order valence-corrected chi connectivity index (χ1v) is 6.45. The summed E-state index contributed by atoms with van der Waals surface area (Å²) in [5.41, 5.74) is 10.1. The summed E-state index contributed by atoms with van der Waals surface area (Å²) in [5.74, 6) is 0.168. The number of fused-ring (bicyclic) bond motifs is 1. The minimum Gasteiger partial charge on any atom is -0.483 e. The molecule has 2 aromatic carbocycles. The molecule has 1 amide bonds. The number of nitrogens with one attached hydrogen (secondary N) is 1. The second-order valence-corrected chi connectivity index (χ2v) is 4.58. The Morgan fingerprint density at radius 1 is 1.10 bits per heavy atom. The van der Waals surface area contributed by atoms with Crippen LogP contribution in [0.3, 0.4) is 0 Å². The van der Waals surface area contributed by atoms with Crippen molar-refractivity contribution in [3.63, 3.8) is 0 Å². The molecule has 0 bridgehead atoms. The van der Waals surface area contributed by atoms with Crippen LogP contribution >= 0.6 is 0 Å². The number of hydrogen-bond acceptors (Lipinski definition) is 3. The summed E-state index contributed by atoms with van der Waals surface area (Å²) in [7, 11) is 0. The van der Waals surface area contributed by atoms with Gasteiger partial charge in [0.15, 0.2) is 6.04 Å². The van der Waals surface area contributed by atoms with Crippen molar-refractivity contribution >= 4 is 11.6 Å². The van der Waals surface area contributed by atoms with Gasteiger partial charge in [-0.3, -0.25) is 4.79 Å². The lowest BCUT2D eigenvalue weighted by Gasteiger charge is -2.21. The number of carbonyl (C=O) groups excluding carboxylic acids is 1. The average molecular weight is 280 g/mol. The van der Waals surface area contributed by atoms with E-state index in [1.54, 1.807) is 18.2 Å². The molecule has 6 nitrogen and oxygen atoms in total. The van der Waals surface area contributed by atoms with Crippen LogP contribution < -0.4 is 10.1 Å². The lowest BCUT2D eigenvalue weighted by Crippen LogP contribution is -2.31. The van der Waals surface area contributed by atoms with E-state index in [1.165, 1.54) is 0 Å². The van der Waals surface area contributed by atoms with E-state index in [0.29, 0.717) is 11.4 Å². The zero-order valence-electron chi connectivity index (χ0n) is 11.0. The Labute approximate surface area is 121 Å². The van der Waals surface area contributed by atoms with Gasteiger partial charge in [-0.25, -0.2) is 0 Å². The minimum atomic E-state index is -0.968. The van der Waals surface area contributed by atoms with Crippen molar-refractivity contribution in [1.82, 2.24) is 0 Å². The second kappa shape index (κ2) is 5.56. The number of benzene rings is 2. The molecule has 1 aliphatic heterocycles. The summed E-state index contributed by atoms with van der Waals surface area (Å²) in [4.78, 5) is 15.1. The highest BCUT2D eigenvalue weighted by atomic mass is 16.5. The van der Waals surface area contributed by atoms with Crippen LogP contribution in [0.4, 0.5) is 5.69 Å². The Balaban J connectivity index is 2.09. The molecule has 21 heavy (non-hydrogen) atoms. The number of azide groups is 1. The molecule has 0 spiro atoms. The van der Waals surface area contributed by atoms with Crippen molar-refractivity contribution in [2.24, 2.45) is 5.11 Å². The molecular weight excluding hydrogens is 268 g/mol. The molecule has 2 atom stereocenters. The third-order valence-electron chi connectivity index (χ3n) is 3.26. The van der Waals surface area contributed by atoms with Gasteiger partial charge in [-0.1, -0.05) is 47.6 Å². The summed E-state index contributed by atoms with van der Waals surface area (Å²) in [6.45, 7) is 0. The maximum Gasteiger partial charge on any atom is 0.237 e. The van der Waals surface area contributed by atoms with Gasteiger partial charge in [0.2, 0.25) is 5.91 Å². The molecule has 0 aliphatic carbocycles. The number of carbonyl (C=O) groups is 1. The second-order valence-electron chi connectivity index (χ2n) is 4.58. The van der Waals surface area contributed by atoms with Gasteiger partial charge < -0.3 is 10.1 Å². The topological polar surface area (TPSA) is 87.1 Å². The van der Waals surface area contributed by atoms with Crippen molar-refractivity contribution in [2.45, 2.75) is 12.1 Å². The molecular formula is C15H12N4O2. The molecule has 0 fully saturated rings. The number of amides is 1. The van der Waals surface area contributed by atoms with Gasteiger partial charge in [0.1, 0.15) is 11.9 Å². The van der Waals surface area contributed by atoms with E-state index in [2.05, 4.69) is 15.3 Å². The van der Waals surface area contributed by atoms with Crippen LogP contribution in [0.5, 0.6) is 5.75 Å². The highest BCUT2D eigenvalue weighted by Gasteiger charge is 2.34. The van der Waals surface area contributed by atoms with Gasteiger partial charge in [0, 0.05) is 4.91 Å². The van der Waals surface area contributed by atoms with E-state index in [1.807, 2.05) is 36.4 Å². The number of ether oxygens (including phenoxy) is 1. The first-order valence-electron chi connectivity index (χ1n) is 6.45. The van der Waals surface area contributed by atoms with E-state index in [9.17, 15) is 4.79 Å². The predicted molar refractivity (Wildman–Crippen MR) is 77.8 cm³/mol. The third kappa shape index (κ3) is 2.52. The zero-order valence-corrected chi connectivity index (χ0v) is 11.0. The van der Waals surface area contributed by atoms with Crippen LogP contribution in [-0.4, -0.2) is 11.9 Å². The van der Waals surface area contributed by atoms with Gasteiger partial charge in [-0.2, -0.15) is 0 Å². The standard InChI is InChI=1S/C15H12N4O2/c16-19-18-13-14(10-6-2-1-3-7-10)21-12-9-5-4-8-11(12)17-15(13)20/h1-9,13-14H,(H,17,20). The average Bonchev–Trinajstić information content (AvgIpc) is 2.66. The molecule has 2 aromatic rings. The summed E-state index contributed by atoms with van der Waals surface area (Å²) in [6.07, 6.45) is -0.661. The van der Waals surface area contributed by atoms with Crippen molar-refractivity contribution in [3.05, 3.63) is 70.6 Å². The first-order chi connectivity index (χ1) is 10.3. The normalized spacial score (nSPS) is 20.3. The van der Waals surface area contributed by atoms with E-state index in [0.717, 1.165) is 5.56 Å². The van der Waals surface area contributed by atoms with E-state index < -0.39 is 12.1 Å². The smallest absolute Gasteiger partial charge is 0.237 e. The fourth-order valence-corrected chi connectivity index (χ4v) is 2.28. The first kappa shape index (κ1) is 13.0. The quantitative estimate of drug-likeness (QED) is 0.519. The Kier molecular flexibility index (Phi) is 3.45. The van der Waals surface area contributed by atoms with Crippen LogP contribution in [-0.2, 0) is 4.79 Å². The summed E-state index contributed by atoms with van der Waals surface area (Å²) >= 11 is 0. The lowest BCUT2D eigenvalue weighted by molar-refractivity contribution is -0.119. The molecule has 2 unspecified atom stereocenters. The van der Waals surface area contributed by atoms with E-state index in [4.69, 9.17) is 10.3 Å². The monoisotopic (exact) mass is 280 g/mol. The van der Waals surface area contributed by atoms with Gasteiger partial charge in [-0.15, -0.1) is 0 Å².